The largest absolute Gasteiger partial charge is 0.497 e. The number of carbonyl (C=O) groups is 3. The van der Waals surface area contributed by atoms with Crippen molar-refractivity contribution in [3.05, 3.63) is 59.7 Å². The van der Waals surface area contributed by atoms with Gasteiger partial charge < -0.3 is 14.8 Å². The molecule has 0 aliphatic rings. The first-order valence-electron chi connectivity index (χ1n) is 8.63. The van der Waals surface area contributed by atoms with E-state index >= 15 is 0 Å². The van der Waals surface area contributed by atoms with Crippen LogP contribution in [0.4, 0.5) is 5.69 Å². The molecule has 0 fully saturated rings. The summed E-state index contributed by atoms with van der Waals surface area (Å²) in [4.78, 5) is 35.6. The zero-order valence-electron chi connectivity index (χ0n) is 15.7. The van der Waals surface area contributed by atoms with Crippen molar-refractivity contribution in [2.24, 2.45) is 0 Å². The zero-order chi connectivity index (χ0) is 19.8. The maximum Gasteiger partial charge on any atom is 0.306 e. The van der Waals surface area contributed by atoms with Gasteiger partial charge in [0, 0.05) is 17.7 Å². The van der Waals surface area contributed by atoms with Crippen molar-refractivity contribution in [3.8, 4) is 5.75 Å². The molecule has 0 aliphatic carbocycles. The lowest BCUT2D eigenvalue weighted by Crippen LogP contribution is -2.30. The fourth-order valence-electron chi connectivity index (χ4n) is 2.41. The number of methoxy groups -OCH3 is 1. The molecule has 142 valence electrons. The second kappa shape index (κ2) is 9.52. The summed E-state index contributed by atoms with van der Waals surface area (Å²) in [5.41, 5.74) is 1.96. The average molecular weight is 369 g/mol. The zero-order valence-corrected chi connectivity index (χ0v) is 15.7. The monoisotopic (exact) mass is 369 g/mol. The van der Waals surface area contributed by atoms with Gasteiger partial charge in [-0.3, -0.25) is 14.4 Å². The van der Waals surface area contributed by atoms with Crippen molar-refractivity contribution in [2.45, 2.75) is 32.8 Å². The van der Waals surface area contributed by atoms with Crippen molar-refractivity contribution < 1.29 is 23.9 Å². The van der Waals surface area contributed by atoms with E-state index in [9.17, 15) is 14.4 Å². The van der Waals surface area contributed by atoms with E-state index in [4.69, 9.17) is 9.47 Å². The van der Waals surface area contributed by atoms with Gasteiger partial charge in [0.05, 0.1) is 7.11 Å². The molecule has 0 aliphatic heterocycles. The van der Waals surface area contributed by atoms with Crippen molar-refractivity contribution in [2.75, 3.05) is 12.4 Å². The SMILES string of the molecule is COc1ccc(CCC(=O)O[C@H](C)C(=O)Nc2cccc(C(C)=O)c2)cc1. The van der Waals surface area contributed by atoms with Crippen LogP contribution in [0.5, 0.6) is 5.75 Å². The lowest BCUT2D eigenvalue weighted by molar-refractivity contribution is -0.153. The number of hydrogen-bond donors (Lipinski definition) is 1. The molecule has 0 heterocycles. The highest BCUT2D eigenvalue weighted by atomic mass is 16.5. The molecule has 1 amide bonds. The number of nitrogens with one attached hydrogen (secondary N) is 1. The maximum atomic E-state index is 12.2. The van der Waals surface area contributed by atoms with E-state index in [1.807, 2.05) is 24.3 Å². The molecule has 0 spiro atoms. The Bertz CT molecular complexity index is 814. The molecule has 0 aromatic heterocycles. The lowest BCUT2D eigenvalue weighted by Gasteiger charge is -2.14. The lowest BCUT2D eigenvalue weighted by atomic mass is 10.1. The Morgan fingerprint density at radius 3 is 2.41 bits per heavy atom. The molecule has 27 heavy (non-hydrogen) atoms. The summed E-state index contributed by atoms with van der Waals surface area (Å²) in [6, 6.07) is 14.0. The van der Waals surface area contributed by atoms with E-state index < -0.39 is 18.0 Å². The highest BCUT2D eigenvalue weighted by Gasteiger charge is 2.18. The van der Waals surface area contributed by atoms with Crippen LogP contribution in [0.25, 0.3) is 0 Å². The van der Waals surface area contributed by atoms with Crippen molar-refractivity contribution in [3.63, 3.8) is 0 Å². The number of ketones is 1. The summed E-state index contributed by atoms with van der Waals surface area (Å²) in [6.07, 6.45) is -0.254. The summed E-state index contributed by atoms with van der Waals surface area (Å²) >= 11 is 0. The van der Waals surface area contributed by atoms with Crippen LogP contribution < -0.4 is 10.1 Å². The number of rotatable bonds is 8. The normalized spacial score (nSPS) is 11.4. The van der Waals surface area contributed by atoms with Crippen LogP contribution in [0, 0.1) is 0 Å². The molecule has 0 bridgehead atoms. The Balaban J connectivity index is 1.83. The number of aryl methyl sites for hydroxylation is 1. The summed E-state index contributed by atoms with van der Waals surface area (Å²) in [5, 5.41) is 2.65. The number of amides is 1. The quantitative estimate of drug-likeness (QED) is 0.570. The molecule has 0 saturated heterocycles. The van der Waals surface area contributed by atoms with E-state index in [2.05, 4.69) is 5.32 Å². The summed E-state index contributed by atoms with van der Waals surface area (Å²) in [5.74, 6) is -0.246. The van der Waals surface area contributed by atoms with Crippen molar-refractivity contribution in [1.29, 1.82) is 0 Å². The minimum absolute atomic E-state index is 0.0934. The molecule has 1 atom stereocenters. The van der Waals surface area contributed by atoms with Crippen LogP contribution in [0.3, 0.4) is 0 Å². The topological polar surface area (TPSA) is 81.7 Å². The van der Waals surface area contributed by atoms with Gasteiger partial charge in [-0.25, -0.2) is 0 Å². The first kappa shape index (κ1) is 20.2. The number of carbonyl (C=O) groups excluding carboxylic acids is 3. The third-order valence-corrected chi connectivity index (χ3v) is 3.99. The number of hydrogen-bond acceptors (Lipinski definition) is 5. The summed E-state index contributed by atoms with van der Waals surface area (Å²) < 4.78 is 10.3. The average Bonchev–Trinajstić information content (AvgIpc) is 2.66. The standard InChI is InChI=1S/C21H23NO5/c1-14(23)17-5-4-6-18(13-17)22-21(25)15(2)27-20(24)12-9-16-7-10-19(26-3)11-8-16/h4-8,10-11,13,15H,9,12H2,1-3H3,(H,22,25)/t15-/m1/s1. The van der Waals surface area contributed by atoms with Gasteiger partial charge in [0.1, 0.15) is 5.75 Å². The van der Waals surface area contributed by atoms with Crippen LogP contribution in [0.1, 0.15) is 36.2 Å². The third-order valence-electron chi connectivity index (χ3n) is 3.99. The van der Waals surface area contributed by atoms with E-state index in [0.717, 1.165) is 11.3 Å². The molecule has 6 heteroatoms. The minimum Gasteiger partial charge on any atom is -0.497 e. The molecule has 0 unspecified atom stereocenters. The second-order valence-electron chi connectivity index (χ2n) is 6.11. The Hall–Kier alpha value is -3.15. The Morgan fingerprint density at radius 2 is 1.78 bits per heavy atom. The van der Waals surface area contributed by atoms with Crippen LogP contribution in [0.2, 0.25) is 0 Å². The number of benzene rings is 2. The Morgan fingerprint density at radius 1 is 1.07 bits per heavy atom. The van der Waals surface area contributed by atoms with Gasteiger partial charge in [-0.2, -0.15) is 0 Å². The van der Waals surface area contributed by atoms with Gasteiger partial charge in [0.25, 0.3) is 5.91 Å². The maximum absolute atomic E-state index is 12.2. The number of ether oxygens (including phenoxy) is 2. The van der Waals surface area contributed by atoms with Crippen LogP contribution in [-0.4, -0.2) is 30.9 Å². The Labute approximate surface area is 158 Å². The Kier molecular flexibility index (Phi) is 7.11. The highest BCUT2D eigenvalue weighted by Crippen LogP contribution is 2.14. The molecule has 2 rings (SSSR count). The van der Waals surface area contributed by atoms with Crippen LogP contribution in [0.15, 0.2) is 48.5 Å². The molecule has 0 radical (unpaired) electrons. The van der Waals surface area contributed by atoms with Gasteiger partial charge >= 0.3 is 5.97 Å². The van der Waals surface area contributed by atoms with Crippen LogP contribution >= 0.6 is 0 Å². The van der Waals surface area contributed by atoms with E-state index in [1.165, 1.54) is 13.8 Å². The van der Waals surface area contributed by atoms with E-state index in [-0.39, 0.29) is 12.2 Å². The second-order valence-corrected chi connectivity index (χ2v) is 6.11. The van der Waals surface area contributed by atoms with Crippen molar-refractivity contribution >= 4 is 23.3 Å². The fourth-order valence-corrected chi connectivity index (χ4v) is 2.41. The third kappa shape index (κ3) is 6.26. The van der Waals surface area contributed by atoms with Gasteiger partial charge in [0.2, 0.25) is 0 Å². The highest BCUT2D eigenvalue weighted by molar-refractivity contribution is 5.98. The number of Topliss-reactive ketones (excluding diaryl/α,β-unsaturated/α-hetero) is 1. The first-order valence-corrected chi connectivity index (χ1v) is 8.63. The molecule has 6 nitrogen and oxygen atoms in total. The summed E-state index contributed by atoms with van der Waals surface area (Å²) in [7, 11) is 1.59. The predicted molar refractivity (Wildman–Crippen MR) is 102 cm³/mol. The fraction of sp³-hybridized carbons (Fsp3) is 0.286. The number of esters is 1. The predicted octanol–water partition coefficient (Wildman–Crippen LogP) is 3.40. The van der Waals surface area contributed by atoms with Gasteiger partial charge in [-0.1, -0.05) is 24.3 Å². The molecule has 2 aromatic rings. The van der Waals surface area contributed by atoms with Gasteiger partial charge in [-0.15, -0.1) is 0 Å². The summed E-state index contributed by atoms with van der Waals surface area (Å²) in [6.45, 7) is 2.96. The molecule has 0 saturated carbocycles. The van der Waals surface area contributed by atoms with Gasteiger partial charge in [-0.05, 0) is 50.1 Å². The molecule has 1 N–H and O–H groups in total. The molecule has 2 aromatic carbocycles. The smallest absolute Gasteiger partial charge is 0.306 e. The van der Waals surface area contributed by atoms with Crippen molar-refractivity contribution in [1.82, 2.24) is 0 Å². The van der Waals surface area contributed by atoms with Crippen LogP contribution in [-0.2, 0) is 20.7 Å². The first-order chi connectivity index (χ1) is 12.9. The minimum atomic E-state index is -0.936. The molecular weight excluding hydrogens is 346 g/mol. The molecular formula is C21H23NO5. The van der Waals surface area contributed by atoms with Gasteiger partial charge in [0.15, 0.2) is 11.9 Å². The van der Waals surface area contributed by atoms with E-state index in [1.54, 1.807) is 31.4 Å². The van der Waals surface area contributed by atoms with E-state index in [0.29, 0.717) is 17.7 Å². The number of anilines is 1.